The summed E-state index contributed by atoms with van der Waals surface area (Å²) in [7, 11) is 0. The van der Waals surface area contributed by atoms with Gasteiger partial charge in [-0.2, -0.15) is 0 Å². The maximum atomic E-state index is 13.2. The SMILES string of the molecule is CC/C=C\C/C=C\C/C=C\C/C=C\C/C=C\CCCCCC(=O)NC(COC1OC(CO)C(OC2OC(CO)C(O)C(O)C2O)C(O)C1O)C(O)/C=C/CCCCCCCCCCCCCCCCCCCCCCC. The molecule has 9 N–H and O–H groups in total. The van der Waals surface area contributed by atoms with Crippen molar-refractivity contribution in [1.29, 1.82) is 0 Å². The van der Waals surface area contributed by atoms with Gasteiger partial charge in [-0.25, -0.2) is 0 Å². The molecule has 2 aliphatic heterocycles. The van der Waals surface area contributed by atoms with Crippen molar-refractivity contribution in [2.24, 2.45) is 0 Å². The molecule has 2 aliphatic rings. The second-order valence-electron chi connectivity index (χ2n) is 21.1. The zero-order valence-corrected chi connectivity index (χ0v) is 47.2. The number of unbranched alkanes of at least 4 members (excludes halogenated alkanes) is 24. The molecule has 14 heteroatoms. The molecular formula is C62H109NO13. The lowest BCUT2D eigenvalue weighted by molar-refractivity contribution is -0.359. The van der Waals surface area contributed by atoms with Gasteiger partial charge in [0.25, 0.3) is 0 Å². The van der Waals surface area contributed by atoms with Crippen LogP contribution in [-0.2, 0) is 23.7 Å². The highest BCUT2D eigenvalue weighted by Gasteiger charge is 2.51. The highest BCUT2D eigenvalue weighted by Crippen LogP contribution is 2.30. The van der Waals surface area contributed by atoms with Crippen LogP contribution in [0.15, 0.2) is 72.9 Å². The number of aliphatic hydroxyl groups is 8. The van der Waals surface area contributed by atoms with Gasteiger partial charge in [0.15, 0.2) is 12.6 Å². The average molecular weight is 1080 g/mol. The van der Waals surface area contributed by atoms with Crippen LogP contribution < -0.4 is 5.32 Å². The van der Waals surface area contributed by atoms with E-state index in [0.717, 1.165) is 70.6 Å². The molecule has 0 radical (unpaired) electrons. The molecule has 2 rings (SSSR count). The quantitative estimate of drug-likeness (QED) is 0.0204. The lowest BCUT2D eigenvalue weighted by atomic mass is 9.97. The van der Waals surface area contributed by atoms with Gasteiger partial charge >= 0.3 is 0 Å². The van der Waals surface area contributed by atoms with Crippen molar-refractivity contribution in [2.45, 2.75) is 293 Å². The van der Waals surface area contributed by atoms with Crippen LogP contribution >= 0.6 is 0 Å². The van der Waals surface area contributed by atoms with Crippen LogP contribution in [0.5, 0.6) is 0 Å². The summed E-state index contributed by atoms with van der Waals surface area (Å²) in [5, 5.41) is 87.1. The number of carbonyl (C=O) groups is 1. The Morgan fingerprint density at radius 1 is 0.487 bits per heavy atom. The number of carbonyl (C=O) groups excluding carboxylic acids is 1. The average Bonchev–Trinajstić information content (AvgIpc) is 3.42. The predicted octanol–water partition coefficient (Wildman–Crippen LogP) is 10.3. The van der Waals surface area contributed by atoms with E-state index in [4.69, 9.17) is 18.9 Å². The zero-order chi connectivity index (χ0) is 55.3. The number of ether oxygens (including phenoxy) is 4. The van der Waals surface area contributed by atoms with Crippen LogP contribution in [0, 0.1) is 0 Å². The molecule has 1 amide bonds. The van der Waals surface area contributed by atoms with Crippen molar-refractivity contribution in [3.8, 4) is 0 Å². The maximum absolute atomic E-state index is 13.2. The summed E-state index contributed by atoms with van der Waals surface area (Å²) in [6.45, 7) is 2.67. The Labute approximate surface area is 459 Å². The molecule has 12 unspecified atom stereocenters. The second kappa shape index (κ2) is 47.3. The lowest BCUT2D eigenvalue weighted by Gasteiger charge is -2.46. The Balaban J connectivity index is 1.78. The molecule has 0 aliphatic carbocycles. The fourth-order valence-electron chi connectivity index (χ4n) is 9.55. The summed E-state index contributed by atoms with van der Waals surface area (Å²) in [4.78, 5) is 13.2. The van der Waals surface area contributed by atoms with E-state index in [2.05, 4.69) is 79.9 Å². The fraction of sp³-hybridized carbons (Fsp3) is 0.790. The molecule has 0 aromatic rings. The molecular weight excluding hydrogens is 967 g/mol. The standard InChI is InChI=1S/C62H109NO13/c1-3-5-7-9-11-13-15-17-19-21-23-24-25-26-28-29-31-33-35-37-39-41-43-45-51(66)50(63-54(67)46-44-42-40-38-36-34-32-30-27-22-20-18-16-14-12-10-8-6-4-2)49-73-61-59(72)57(70)60(53(48-65)75-61)76-62-58(71)56(69)55(68)52(47-64)74-62/h6,8,12,14,18,20,27,30,34,36,43,45,50-53,55-62,64-66,68-72H,3-5,7,9-11,13,15-17,19,21-26,28-29,31-33,35,37-42,44,46-49H2,1-2H3,(H,63,67)/b8-6-,14-12-,20-18-,30-27-,36-34-,45-43+. The Morgan fingerprint density at radius 3 is 1.39 bits per heavy atom. The van der Waals surface area contributed by atoms with E-state index in [1.807, 2.05) is 6.08 Å². The van der Waals surface area contributed by atoms with Crippen LogP contribution in [0.3, 0.4) is 0 Å². The number of aliphatic hydroxyl groups excluding tert-OH is 8. The number of nitrogens with one attached hydrogen (secondary N) is 1. The first kappa shape index (κ1) is 69.5. The number of hydrogen-bond acceptors (Lipinski definition) is 13. The first-order valence-electron chi connectivity index (χ1n) is 30.2. The number of amides is 1. The van der Waals surface area contributed by atoms with Crippen molar-refractivity contribution in [3.63, 3.8) is 0 Å². The summed E-state index contributed by atoms with van der Waals surface area (Å²) in [5.41, 5.74) is 0. The van der Waals surface area contributed by atoms with Gasteiger partial charge in [-0.3, -0.25) is 4.79 Å². The highest BCUT2D eigenvalue weighted by molar-refractivity contribution is 5.76. The molecule has 0 aromatic carbocycles. The minimum absolute atomic E-state index is 0.239. The van der Waals surface area contributed by atoms with E-state index in [-0.39, 0.29) is 18.9 Å². The molecule has 0 bridgehead atoms. The van der Waals surface area contributed by atoms with Crippen LogP contribution in [0.25, 0.3) is 0 Å². The number of rotatable bonds is 47. The molecule has 14 nitrogen and oxygen atoms in total. The van der Waals surface area contributed by atoms with Crippen molar-refractivity contribution in [3.05, 3.63) is 72.9 Å². The first-order chi connectivity index (χ1) is 37.1. The molecule has 440 valence electrons. The summed E-state index contributed by atoms with van der Waals surface area (Å²) >= 11 is 0. The fourth-order valence-corrected chi connectivity index (χ4v) is 9.55. The molecule has 76 heavy (non-hydrogen) atoms. The Kier molecular flexibility index (Phi) is 43.2. The molecule has 0 aromatic heterocycles. The van der Waals surface area contributed by atoms with Gasteiger partial charge in [-0.15, -0.1) is 0 Å². The molecule has 0 spiro atoms. The van der Waals surface area contributed by atoms with Crippen LogP contribution in [0.1, 0.15) is 219 Å². The van der Waals surface area contributed by atoms with E-state index < -0.39 is 86.8 Å². The highest BCUT2D eigenvalue weighted by atomic mass is 16.7. The Bertz CT molecular complexity index is 1550. The smallest absolute Gasteiger partial charge is 0.220 e. The monoisotopic (exact) mass is 1080 g/mol. The topological polar surface area (TPSA) is 228 Å². The van der Waals surface area contributed by atoms with Crippen molar-refractivity contribution < 1.29 is 64.6 Å². The maximum Gasteiger partial charge on any atom is 0.220 e. The van der Waals surface area contributed by atoms with Crippen molar-refractivity contribution >= 4 is 5.91 Å². The van der Waals surface area contributed by atoms with Crippen molar-refractivity contribution in [1.82, 2.24) is 5.32 Å². The molecule has 12 atom stereocenters. The predicted molar refractivity (Wildman–Crippen MR) is 304 cm³/mol. The van der Waals surface area contributed by atoms with E-state index in [0.29, 0.717) is 6.42 Å². The van der Waals surface area contributed by atoms with Gasteiger partial charge in [0.05, 0.1) is 32.0 Å². The van der Waals surface area contributed by atoms with Gasteiger partial charge in [0, 0.05) is 6.42 Å². The summed E-state index contributed by atoms with van der Waals surface area (Å²) < 4.78 is 22.8. The molecule has 2 fully saturated rings. The largest absolute Gasteiger partial charge is 0.394 e. The van der Waals surface area contributed by atoms with Crippen molar-refractivity contribution in [2.75, 3.05) is 19.8 Å². The van der Waals surface area contributed by atoms with Gasteiger partial charge in [-0.1, -0.05) is 222 Å². The van der Waals surface area contributed by atoms with E-state index in [1.54, 1.807) is 6.08 Å². The number of allylic oxidation sites excluding steroid dienone is 11. The third-order valence-electron chi connectivity index (χ3n) is 14.4. The second-order valence-corrected chi connectivity index (χ2v) is 21.1. The summed E-state index contributed by atoms with van der Waals surface area (Å²) in [5.74, 6) is -0.272. The molecule has 2 saturated heterocycles. The minimum Gasteiger partial charge on any atom is -0.394 e. The van der Waals surface area contributed by atoms with E-state index in [1.165, 1.54) is 122 Å². The van der Waals surface area contributed by atoms with Crippen LogP contribution in [0.2, 0.25) is 0 Å². The molecule has 2 heterocycles. The lowest BCUT2D eigenvalue weighted by Crippen LogP contribution is -2.65. The molecule has 0 saturated carbocycles. The third kappa shape index (κ3) is 32.5. The third-order valence-corrected chi connectivity index (χ3v) is 14.4. The Morgan fingerprint density at radius 2 is 0.908 bits per heavy atom. The summed E-state index contributed by atoms with van der Waals surface area (Å²) in [6.07, 6.45) is 45.1. The van der Waals surface area contributed by atoms with Gasteiger partial charge in [-0.05, 0) is 64.2 Å². The summed E-state index contributed by atoms with van der Waals surface area (Å²) in [6, 6.07) is -0.937. The van der Waals surface area contributed by atoms with E-state index in [9.17, 15) is 45.6 Å². The normalized spacial score (nSPS) is 25.4. The van der Waals surface area contributed by atoms with Crippen LogP contribution in [0.4, 0.5) is 0 Å². The zero-order valence-electron chi connectivity index (χ0n) is 47.2. The van der Waals surface area contributed by atoms with Gasteiger partial charge in [0.2, 0.25) is 5.91 Å². The van der Waals surface area contributed by atoms with Crippen LogP contribution in [-0.4, -0.2) is 140 Å². The van der Waals surface area contributed by atoms with Gasteiger partial charge < -0.3 is 65.1 Å². The first-order valence-corrected chi connectivity index (χ1v) is 30.2. The van der Waals surface area contributed by atoms with E-state index >= 15 is 0 Å². The Hall–Kier alpha value is -2.57. The minimum atomic E-state index is -1.79. The van der Waals surface area contributed by atoms with Gasteiger partial charge in [0.1, 0.15) is 48.8 Å². The number of hydrogen-bond donors (Lipinski definition) is 9.